The fraction of sp³-hybridized carbons (Fsp3) is 0.375. The first-order valence-electron chi connectivity index (χ1n) is 6.45. The first-order valence-corrected chi connectivity index (χ1v) is 6.45. The van der Waals surface area contributed by atoms with Gasteiger partial charge >= 0.3 is 0 Å². The van der Waals surface area contributed by atoms with Gasteiger partial charge in [0.15, 0.2) is 0 Å². The fourth-order valence-electron chi connectivity index (χ4n) is 2.29. The molecule has 0 amide bonds. The molecule has 0 fully saturated rings. The minimum Gasteiger partial charge on any atom is -0.393 e. The monoisotopic (exact) mass is 244 g/mol. The van der Waals surface area contributed by atoms with E-state index in [1.807, 2.05) is 12.1 Å². The Kier molecular flexibility index (Phi) is 4.73. The van der Waals surface area contributed by atoms with Crippen LogP contribution in [0.2, 0.25) is 0 Å². The van der Waals surface area contributed by atoms with Crippen molar-refractivity contribution in [2.45, 2.75) is 25.4 Å². The summed E-state index contributed by atoms with van der Waals surface area (Å²) in [5, 5.41) is 12.5. The molecule has 2 heteroatoms. The summed E-state index contributed by atoms with van der Waals surface area (Å²) in [6.45, 7) is 0.715. The Labute approximate surface area is 108 Å². The maximum absolute atomic E-state index is 10.0. The third-order valence-electron chi connectivity index (χ3n) is 3.22. The van der Waals surface area contributed by atoms with E-state index in [1.165, 1.54) is 16.3 Å². The summed E-state index contributed by atoms with van der Waals surface area (Å²) < 4.78 is 5.00. The standard InChI is InChI=1S/C16H20O2/c1-18-11-5-9-15(17)12-14-8-4-7-13-6-2-3-10-16(13)14/h2-4,6-8,10,15,17H,5,9,11-12H2,1H3. The van der Waals surface area contributed by atoms with E-state index in [4.69, 9.17) is 4.74 Å². The number of fused-ring (bicyclic) bond motifs is 1. The molecule has 2 rings (SSSR count). The molecule has 0 saturated heterocycles. The van der Waals surface area contributed by atoms with E-state index in [-0.39, 0.29) is 6.10 Å². The highest BCUT2D eigenvalue weighted by Crippen LogP contribution is 2.20. The van der Waals surface area contributed by atoms with Gasteiger partial charge in [0.1, 0.15) is 0 Å². The molecule has 0 saturated carbocycles. The molecule has 0 aliphatic carbocycles. The second-order valence-electron chi connectivity index (χ2n) is 4.63. The van der Waals surface area contributed by atoms with E-state index in [0.29, 0.717) is 13.0 Å². The summed E-state index contributed by atoms with van der Waals surface area (Å²) >= 11 is 0. The SMILES string of the molecule is COCCCC(O)Cc1cccc2ccccc12. The van der Waals surface area contributed by atoms with Gasteiger partial charge in [-0.3, -0.25) is 0 Å². The van der Waals surface area contributed by atoms with Crippen LogP contribution in [-0.2, 0) is 11.2 Å². The van der Waals surface area contributed by atoms with Gasteiger partial charge < -0.3 is 9.84 Å². The summed E-state index contributed by atoms with van der Waals surface area (Å²) in [5.74, 6) is 0. The normalized spacial score (nSPS) is 12.8. The molecular formula is C16H20O2. The van der Waals surface area contributed by atoms with Crippen LogP contribution in [0.25, 0.3) is 10.8 Å². The zero-order chi connectivity index (χ0) is 12.8. The molecule has 96 valence electrons. The largest absolute Gasteiger partial charge is 0.393 e. The smallest absolute Gasteiger partial charge is 0.0581 e. The number of methoxy groups -OCH3 is 1. The lowest BCUT2D eigenvalue weighted by Gasteiger charge is -2.12. The molecular weight excluding hydrogens is 224 g/mol. The number of benzene rings is 2. The highest BCUT2D eigenvalue weighted by atomic mass is 16.5. The van der Waals surface area contributed by atoms with Crippen LogP contribution < -0.4 is 0 Å². The van der Waals surface area contributed by atoms with Gasteiger partial charge in [0.2, 0.25) is 0 Å². The van der Waals surface area contributed by atoms with Crippen molar-refractivity contribution in [2.24, 2.45) is 0 Å². The van der Waals surface area contributed by atoms with Crippen LogP contribution >= 0.6 is 0 Å². The topological polar surface area (TPSA) is 29.5 Å². The maximum atomic E-state index is 10.0. The van der Waals surface area contributed by atoms with Crippen molar-refractivity contribution in [2.75, 3.05) is 13.7 Å². The summed E-state index contributed by atoms with van der Waals surface area (Å²) in [6.07, 6.45) is 2.12. The molecule has 18 heavy (non-hydrogen) atoms. The van der Waals surface area contributed by atoms with Crippen molar-refractivity contribution >= 4 is 10.8 Å². The lowest BCUT2D eigenvalue weighted by atomic mass is 9.98. The molecule has 1 unspecified atom stereocenters. The van der Waals surface area contributed by atoms with Crippen molar-refractivity contribution < 1.29 is 9.84 Å². The zero-order valence-electron chi connectivity index (χ0n) is 10.8. The van der Waals surface area contributed by atoms with Crippen molar-refractivity contribution in [1.82, 2.24) is 0 Å². The summed E-state index contributed by atoms with van der Waals surface area (Å²) in [7, 11) is 1.69. The van der Waals surface area contributed by atoms with Crippen molar-refractivity contribution in [3.05, 3.63) is 48.0 Å². The minimum absolute atomic E-state index is 0.286. The van der Waals surface area contributed by atoms with Gasteiger partial charge in [0, 0.05) is 13.7 Å². The first kappa shape index (κ1) is 13.1. The van der Waals surface area contributed by atoms with E-state index >= 15 is 0 Å². The van der Waals surface area contributed by atoms with Crippen LogP contribution in [-0.4, -0.2) is 24.9 Å². The van der Waals surface area contributed by atoms with Crippen molar-refractivity contribution in [3.63, 3.8) is 0 Å². The molecule has 0 aromatic heterocycles. The van der Waals surface area contributed by atoms with E-state index in [1.54, 1.807) is 7.11 Å². The molecule has 0 radical (unpaired) electrons. The predicted molar refractivity (Wildman–Crippen MR) is 74.8 cm³/mol. The Hall–Kier alpha value is -1.38. The van der Waals surface area contributed by atoms with Crippen LogP contribution in [0, 0.1) is 0 Å². The highest BCUT2D eigenvalue weighted by Gasteiger charge is 2.07. The molecule has 2 aromatic rings. The second-order valence-corrected chi connectivity index (χ2v) is 4.63. The van der Waals surface area contributed by atoms with E-state index < -0.39 is 0 Å². The quantitative estimate of drug-likeness (QED) is 0.791. The Bertz CT molecular complexity index is 488. The number of aliphatic hydroxyl groups excluding tert-OH is 1. The fourth-order valence-corrected chi connectivity index (χ4v) is 2.29. The number of ether oxygens (including phenoxy) is 1. The summed E-state index contributed by atoms with van der Waals surface area (Å²) in [5.41, 5.74) is 1.22. The van der Waals surface area contributed by atoms with Crippen LogP contribution in [0.5, 0.6) is 0 Å². The molecule has 0 spiro atoms. The average Bonchev–Trinajstić information content (AvgIpc) is 2.39. The Morgan fingerprint density at radius 3 is 2.72 bits per heavy atom. The first-order chi connectivity index (χ1) is 8.81. The van der Waals surface area contributed by atoms with Crippen LogP contribution in [0.3, 0.4) is 0 Å². The maximum Gasteiger partial charge on any atom is 0.0581 e. The molecule has 0 heterocycles. The minimum atomic E-state index is -0.286. The zero-order valence-corrected chi connectivity index (χ0v) is 10.8. The molecule has 2 nitrogen and oxygen atoms in total. The third kappa shape index (κ3) is 3.31. The molecule has 2 aromatic carbocycles. The molecule has 0 aliphatic heterocycles. The molecule has 0 bridgehead atoms. The lowest BCUT2D eigenvalue weighted by Crippen LogP contribution is -2.11. The van der Waals surface area contributed by atoms with E-state index in [0.717, 1.165) is 12.8 Å². The third-order valence-corrected chi connectivity index (χ3v) is 3.22. The van der Waals surface area contributed by atoms with Gasteiger partial charge in [-0.25, -0.2) is 0 Å². The average molecular weight is 244 g/mol. The van der Waals surface area contributed by atoms with Gasteiger partial charge in [-0.15, -0.1) is 0 Å². The molecule has 1 atom stereocenters. The summed E-state index contributed by atoms with van der Waals surface area (Å²) in [6, 6.07) is 14.6. The van der Waals surface area contributed by atoms with Gasteiger partial charge in [-0.1, -0.05) is 42.5 Å². The highest BCUT2D eigenvalue weighted by molar-refractivity contribution is 5.85. The van der Waals surface area contributed by atoms with Gasteiger partial charge in [0.05, 0.1) is 6.10 Å². The van der Waals surface area contributed by atoms with Crippen LogP contribution in [0.1, 0.15) is 18.4 Å². The van der Waals surface area contributed by atoms with Gasteiger partial charge in [0.25, 0.3) is 0 Å². The number of hydrogen-bond donors (Lipinski definition) is 1. The predicted octanol–water partition coefficient (Wildman–Crippen LogP) is 3.17. The number of rotatable bonds is 6. The Balaban J connectivity index is 2.07. The van der Waals surface area contributed by atoms with Crippen molar-refractivity contribution in [3.8, 4) is 0 Å². The van der Waals surface area contributed by atoms with E-state index in [9.17, 15) is 5.11 Å². The van der Waals surface area contributed by atoms with E-state index in [2.05, 4.69) is 30.3 Å². The molecule has 0 aliphatic rings. The van der Waals surface area contributed by atoms with Gasteiger partial charge in [-0.2, -0.15) is 0 Å². The summed E-state index contributed by atoms with van der Waals surface area (Å²) in [4.78, 5) is 0. The van der Waals surface area contributed by atoms with Gasteiger partial charge in [-0.05, 0) is 35.6 Å². The Morgan fingerprint density at radius 2 is 1.89 bits per heavy atom. The Morgan fingerprint density at radius 1 is 1.11 bits per heavy atom. The van der Waals surface area contributed by atoms with Crippen LogP contribution in [0.4, 0.5) is 0 Å². The number of aliphatic hydroxyl groups is 1. The molecule has 1 N–H and O–H groups in total. The second kappa shape index (κ2) is 6.53. The lowest BCUT2D eigenvalue weighted by molar-refractivity contribution is 0.135. The number of hydrogen-bond acceptors (Lipinski definition) is 2. The van der Waals surface area contributed by atoms with Crippen LogP contribution in [0.15, 0.2) is 42.5 Å². The van der Waals surface area contributed by atoms with Crippen molar-refractivity contribution in [1.29, 1.82) is 0 Å².